The third-order valence-electron chi connectivity index (χ3n) is 5.04. The van der Waals surface area contributed by atoms with Crippen LogP contribution in [0.4, 0.5) is 19.0 Å². The number of anilines is 1. The first kappa shape index (κ1) is 23.0. The van der Waals surface area contributed by atoms with Gasteiger partial charge in [-0.05, 0) is 48.3 Å². The summed E-state index contributed by atoms with van der Waals surface area (Å²) >= 11 is 3.38. The van der Waals surface area contributed by atoms with Gasteiger partial charge in [-0.1, -0.05) is 29.8 Å². The van der Waals surface area contributed by atoms with E-state index in [9.17, 15) is 18.0 Å². The highest BCUT2D eigenvalue weighted by Crippen LogP contribution is 2.36. The molecule has 1 N–H and O–H groups in total. The molecular weight excluding hydrogens is 501 g/mol. The average molecular weight is 521 g/mol. The molecule has 0 aliphatic heterocycles. The topological polar surface area (TPSA) is 77.6 Å². The van der Waals surface area contributed by atoms with Crippen molar-refractivity contribution in [2.24, 2.45) is 0 Å². The van der Waals surface area contributed by atoms with Gasteiger partial charge in [-0.2, -0.15) is 23.4 Å². The predicted molar refractivity (Wildman–Crippen MR) is 121 cm³/mol. The van der Waals surface area contributed by atoms with Crippen molar-refractivity contribution in [3.8, 4) is 0 Å². The number of pyridine rings is 1. The van der Waals surface area contributed by atoms with Gasteiger partial charge in [-0.15, -0.1) is 0 Å². The van der Waals surface area contributed by atoms with Crippen LogP contribution in [0.3, 0.4) is 0 Å². The van der Waals surface area contributed by atoms with Gasteiger partial charge in [0.05, 0.1) is 27.7 Å². The fraction of sp³-hybridized carbons (Fsp3) is 0.273. The molecule has 172 valence electrons. The standard InChI is InChI=1S/C22H20BrF3N6O/c1-12-4-6-15(7-5-12)9-31-10-17(23)20(30-31)28-18(33)11-32-21-19(14(3)29-32)16(22(24,25)26)8-13(2)27-21/h4-8,10H,9,11H2,1-3H3,(H,28,30,33). The average Bonchev–Trinajstić information content (AvgIpc) is 3.21. The highest BCUT2D eigenvalue weighted by atomic mass is 79.9. The maximum absolute atomic E-state index is 13.5. The van der Waals surface area contributed by atoms with E-state index in [0.717, 1.165) is 17.2 Å². The Bertz CT molecular complexity index is 1340. The molecule has 0 fully saturated rings. The predicted octanol–water partition coefficient (Wildman–Crippen LogP) is 5.02. The number of rotatable bonds is 5. The van der Waals surface area contributed by atoms with Crippen molar-refractivity contribution >= 4 is 38.7 Å². The number of carbonyl (C=O) groups excluding carboxylic acids is 1. The molecule has 0 atom stereocenters. The number of aryl methyl sites for hydroxylation is 3. The third kappa shape index (κ3) is 4.92. The molecule has 0 aliphatic carbocycles. The normalized spacial score (nSPS) is 11.8. The van der Waals surface area contributed by atoms with Crippen molar-refractivity contribution in [2.75, 3.05) is 5.32 Å². The minimum atomic E-state index is -4.55. The molecule has 0 saturated heterocycles. The van der Waals surface area contributed by atoms with Crippen molar-refractivity contribution in [3.05, 3.63) is 69.1 Å². The fourth-order valence-electron chi connectivity index (χ4n) is 3.56. The molecule has 0 unspecified atom stereocenters. The number of nitrogens with zero attached hydrogens (tertiary/aromatic N) is 5. The van der Waals surface area contributed by atoms with Crippen molar-refractivity contribution in [3.63, 3.8) is 0 Å². The molecule has 11 heteroatoms. The van der Waals surface area contributed by atoms with Crippen LogP contribution in [-0.4, -0.2) is 30.5 Å². The molecule has 0 aliphatic rings. The van der Waals surface area contributed by atoms with E-state index in [1.807, 2.05) is 31.2 Å². The van der Waals surface area contributed by atoms with Gasteiger partial charge in [0.25, 0.3) is 0 Å². The summed E-state index contributed by atoms with van der Waals surface area (Å²) in [5.74, 6) is -0.182. The highest BCUT2D eigenvalue weighted by Gasteiger charge is 2.35. The number of halogens is 4. The summed E-state index contributed by atoms with van der Waals surface area (Å²) < 4.78 is 43.9. The van der Waals surface area contributed by atoms with Crippen LogP contribution in [0.2, 0.25) is 0 Å². The number of hydrogen-bond donors (Lipinski definition) is 1. The lowest BCUT2D eigenvalue weighted by molar-refractivity contribution is -0.136. The number of fused-ring (bicyclic) bond motifs is 1. The Balaban J connectivity index is 1.54. The molecule has 0 saturated carbocycles. The van der Waals surface area contributed by atoms with Gasteiger partial charge in [0, 0.05) is 11.9 Å². The zero-order valence-corrected chi connectivity index (χ0v) is 19.6. The number of aromatic nitrogens is 5. The van der Waals surface area contributed by atoms with E-state index in [0.29, 0.717) is 16.8 Å². The van der Waals surface area contributed by atoms with Gasteiger partial charge in [0.15, 0.2) is 11.5 Å². The molecule has 1 aromatic carbocycles. The molecule has 0 bridgehead atoms. The van der Waals surface area contributed by atoms with Crippen LogP contribution in [0.15, 0.2) is 41.0 Å². The molecule has 1 amide bonds. The lowest BCUT2D eigenvalue weighted by atomic mass is 10.1. The Morgan fingerprint density at radius 3 is 2.48 bits per heavy atom. The molecule has 3 aromatic heterocycles. The fourth-order valence-corrected chi connectivity index (χ4v) is 3.98. The number of alkyl halides is 3. The SMILES string of the molecule is Cc1ccc(Cn2cc(Br)c(NC(=O)Cn3nc(C)c4c(C(F)(F)F)cc(C)nc43)n2)cc1. The molecule has 4 aromatic rings. The van der Waals surface area contributed by atoms with Crippen molar-refractivity contribution < 1.29 is 18.0 Å². The van der Waals surface area contributed by atoms with Gasteiger partial charge in [-0.3, -0.25) is 9.48 Å². The molecule has 3 heterocycles. The van der Waals surface area contributed by atoms with Gasteiger partial charge in [0.2, 0.25) is 5.91 Å². The van der Waals surface area contributed by atoms with Gasteiger partial charge >= 0.3 is 6.18 Å². The lowest BCUT2D eigenvalue weighted by Crippen LogP contribution is -2.20. The van der Waals surface area contributed by atoms with Crippen LogP contribution < -0.4 is 5.32 Å². The summed E-state index contributed by atoms with van der Waals surface area (Å²) in [6.07, 6.45) is -2.81. The molecule has 0 spiro atoms. The second-order valence-electron chi connectivity index (χ2n) is 7.81. The van der Waals surface area contributed by atoms with E-state index in [-0.39, 0.29) is 29.0 Å². The zero-order valence-electron chi connectivity index (χ0n) is 18.0. The summed E-state index contributed by atoms with van der Waals surface area (Å²) in [6.45, 7) is 5.15. The molecule has 33 heavy (non-hydrogen) atoms. The van der Waals surface area contributed by atoms with Crippen LogP contribution in [0.5, 0.6) is 0 Å². The highest BCUT2D eigenvalue weighted by molar-refractivity contribution is 9.10. The van der Waals surface area contributed by atoms with E-state index in [4.69, 9.17) is 0 Å². The largest absolute Gasteiger partial charge is 0.417 e. The van der Waals surface area contributed by atoms with Crippen LogP contribution in [0.1, 0.15) is 28.1 Å². The van der Waals surface area contributed by atoms with Crippen LogP contribution in [0.25, 0.3) is 11.0 Å². The summed E-state index contributed by atoms with van der Waals surface area (Å²) in [6, 6.07) is 9.00. The van der Waals surface area contributed by atoms with Crippen LogP contribution in [-0.2, 0) is 24.1 Å². The van der Waals surface area contributed by atoms with E-state index in [1.54, 1.807) is 10.9 Å². The lowest BCUT2D eigenvalue weighted by Gasteiger charge is -2.10. The number of amides is 1. The number of benzene rings is 1. The van der Waals surface area contributed by atoms with Crippen molar-refractivity contribution in [1.29, 1.82) is 0 Å². The third-order valence-corrected chi connectivity index (χ3v) is 5.62. The second-order valence-corrected chi connectivity index (χ2v) is 8.66. The quantitative estimate of drug-likeness (QED) is 0.400. The van der Waals surface area contributed by atoms with E-state index in [1.165, 1.54) is 18.5 Å². The number of carbonyl (C=O) groups is 1. The summed E-state index contributed by atoms with van der Waals surface area (Å²) in [4.78, 5) is 16.9. The Labute approximate surface area is 195 Å². The molecule has 7 nitrogen and oxygen atoms in total. The van der Waals surface area contributed by atoms with E-state index < -0.39 is 17.6 Å². The first-order chi connectivity index (χ1) is 15.5. The van der Waals surface area contributed by atoms with Crippen LogP contribution in [0, 0.1) is 20.8 Å². The maximum atomic E-state index is 13.5. The van der Waals surface area contributed by atoms with Crippen LogP contribution >= 0.6 is 15.9 Å². The number of hydrogen-bond acceptors (Lipinski definition) is 4. The Morgan fingerprint density at radius 1 is 1.12 bits per heavy atom. The smallest absolute Gasteiger partial charge is 0.307 e. The zero-order chi connectivity index (χ0) is 23.9. The minimum absolute atomic E-state index is 0.0129. The Morgan fingerprint density at radius 2 is 1.82 bits per heavy atom. The Kier molecular flexibility index (Phi) is 6.00. The first-order valence-corrected chi connectivity index (χ1v) is 10.8. The Hall–Kier alpha value is -3.21. The van der Waals surface area contributed by atoms with Crippen molar-refractivity contribution in [2.45, 2.75) is 40.0 Å². The van der Waals surface area contributed by atoms with Crippen molar-refractivity contribution in [1.82, 2.24) is 24.5 Å². The van der Waals surface area contributed by atoms with E-state index >= 15 is 0 Å². The molecular formula is C22H20BrF3N6O. The van der Waals surface area contributed by atoms with Gasteiger partial charge in [0.1, 0.15) is 6.54 Å². The monoisotopic (exact) mass is 520 g/mol. The first-order valence-electron chi connectivity index (χ1n) is 10.0. The van der Waals surface area contributed by atoms with E-state index in [2.05, 4.69) is 36.4 Å². The second kappa shape index (κ2) is 8.62. The maximum Gasteiger partial charge on any atom is 0.417 e. The minimum Gasteiger partial charge on any atom is -0.307 e. The summed E-state index contributed by atoms with van der Waals surface area (Å²) in [7, 11) is 0. The molecule has 4 rings (SSSR count). The molecule has 0 radical (unpaired) electrons. The summed E-state index contributed by atoms with van der Waals surface area (Å²) in [5.41, 5.74) is 1.75. The number of nitrogens with one attached hydrogen (secondary N) is 1. The van der Waals surface area contributed by atoms with Gasteiger partial charge < -0.3 is 5.32 Å². The summed E-state index contributed by atoms with van der Waals surface area (Å²) in [5, 5.41) is 11.1. The van der Waals surface area contributed by atoms with Gasteiger partial charge in [-0.25, -0.2) is 9.67 Å².